The molecule has 5 heterocycles. The quantitative estimate of drug-likeness (QED) is 0.299. The van der Waals surface area contributed by atoms with Gasteiger partial charge in [-0.2, -0.15) is 0 Å². The van der Waals surface area contributed by atoms with Crippen LogP contribution in [0, 0.1) is 34.0 Å². The van der Waals surface area contributed by atoms with Gasteiger partial charge in [-0.25, -0.2) is 9.59 Å². The Bertz CT molecular complexity index is 1680. The lowest BCUT2D eigenvalue weighted by molar-refractivity contribution is -0.317. The summed E-state index contributed by atoms with van der Waals surface area (Å²) >= 11 is 0. The van der Waals surface area contributed by atoms with E-state index in [9.17, 15) is 24.9 Å². The Kier molecular flexibility index (Phi) is 6.70. The molecule has 1 aromatic rings. The number of hydrogen-bond acceptors (Lipinski definition) is 13. The van der Waals surface area contributed by atoms with Gasteiger partial charge in [0.2, 0.25) is 6.29 Å². The predicted molar refractivity (Wildman–Crippen MR) is 169 cm³/mol. The third kappa shape index (κ3) is 3.43. The largest absolute Gasteiger partial charge is 0.469 e. The van der Waals surface area contributed by atoms with Gasteiger partial charge in [0.05, 0.1) is 51.0 Å². The van der Waals surface area contributed by atoms with E-state index in [4.69, 9.17) is 37.9 Å². The SMILES string of the molecule is COC(=O)C1(OC)OCC23C1[C@@]1(C)C(O[C@]4(C)C5C[C@H](O[C@@H]6OC=C[C@]56O)[C@]14O)C1OC[C@@](C)(C12)[C@H](O)C[C@@H]3OC(=O)/C=C/c1ccccc1. The molecule has 3 aliphatic carbocycles. The number of methoxy groups -OCH3 is 2. The normalized spacial score (nSPS) is 54.8. The van der Waals surface area contributed by atoms with Crippen molar-refractivity contribution in [1.82, 2.24) is 0 Å². The number of hydrogen-bond donors (Lipinski definition) is 3. The van der Waals surface area contributed by atoms with Crippen molar-refractivity contribution in [3.8, 4) is 0 Å². The minimum Gasteiger partial charge on any atom is -0.469 e. The zero-order chi connectivity index (χ0) is 35.3. The standard InChI is InChI=1S/C37H44O13/c1-31-17-46-25-26(31)34(22(16-21(31)38)48-24(39)12-11-19-9-7-6-8-10-19)18-47-36(44-5,29(40)43-4)28(34)32(2)27(25)50-33(3)20-15-23(37(32,33)42)49-30-35(20,41)13-14-45-30/h6-14,20-23,25-28,30,38,41-42H,15-18H2,1-5H3/b12-11+/t20?,21-,22+,23+,25?,26?,27?,28?,30+,31-,32-,33-,34?,35+,36?,37+/m1/s1. The van der Waals surface area contributed by atoms with Crippen LogP contribution >= 0.6 is 0 Å². The smallest absolute Gasteiger partial charge is 0.366 e. The van der Waals surface area contributed by atoms with Crippen LogP contribution in [0.1, 0.15) is 39.2 Å². The first-order valence-corrected chi connectivity index (χ1v) is 17.3. The van der Waals surface area contributed by atoms with Crippen molar-refractivity contribution < 1.29 is 62.8 Å². The molecule has 2 bridgehead atoms. The highest BCUT2D eigenvalue weighted by Crippen LogP contribution is 2.80. The molecule has 4 saturated heterocycles. The summed E-state index contributed by atoms with van der Waals surface area (Å²) in [5.41, 5.74) is -7.83. The van der Waals surface area contributed by atoms with E-state index < -0.39 is 105 Å². The second-order valence-electron chi connectivity index (χ2n) is 16.1. The molecule has 1 aromatic carbocycles. The summed E-state index contributed by atoms with van der Waals surface area (Å²) in [6.45, 7) is 5.53. The van der Waals surface area contributed by atoms with Crippen molar-refractivity contribution in [3.63, 3.8) is 0 Å². The Morgan fingerprint density at radius 3 is 2.52 bits per heavy atom. The van der Waals surface area contributed by atoms with Crippen LogP contribution in [0.25, 0.3) is 6.08 Å². The third-order valence-corrected chi connectivity index (χ3v) is 14.5. The lowest BCUT2D eigenvalue weighted by Gasteiger charge is -2.66. The highest BCUT2D eigenvalue weighted by molar-refractivity contribution is 5.87. The van der Waals surface area contributed by atoms with Gasteiger partial charge in [-0.05, 0) is 31.1 Å². The summed E-state index contributed by atoms with van der Waals surface area (Å²) in [7, 11) is 2.58. The Morgan fingerprint density at radius 1 is 1.04 bits per heavy atom. The van der Waals surface area contributed by atoms with E-state index in [1.54, 1.807) is 13.0 Å². The Hall–Kier alpha value is -2.88. The molecule has 3 N–H and O–H groups in total. The van der Waals surface area contributed by atoms with Gasteiger partial charge in [-0.3, -0.25) is 0 Å². The van der Waals surface area contributed by atoms with Crippen molar-refractivity contribution in [2.24, 2.45) is 34.0 Å². The molecule has 50 heavy (non-hydrogen) atoms. The first kappa shape index (κ1) is 33.0. The molecule has 5 aliphatic heterocycles. The summed E-state index contributed by atoms with van der Waals surface area (Å²) in [6.07, 6.45) is 0.492. The minimum absolute atomic E-state index is 0.00907. The molecule has 9 rings (SSSR count). The summed E-state index contributed by atoms with van der Waals surface area (Å²) in [5.74, 6) is -5.97. The van der Waals surface area contributed by atoms with E-state index in [0.29, 0.717) is 0 Å². The molecule has 7 unspecified atom stereocenters. The fourth-order valence-electron chi connectivity index (χ4n) is 12.5. The van der Waals surface area contributed by atoms with Crippen LogP contribution in [0.3, 0.4) is 0 Å². The number of aliphatic hydroxyl groups excluding tert-OH is 1. The van der Waals surface area contributed by atoms with Crippen LogP contribution in [0.2, 0.25) is 0 Å². The molecule has 1 spiro atoms. The molecular weight excluding hydrogens is 652 g/mol. The Balaban J connectivity index is 1.25. The average Bonchev–Trinajstić information content (AvgIpc) is 3.86. The summed E-state index contributed by atoms with van der Waals surface area (Å²) < 4.78 is 50.3. The second-order valence-corrected chi connectivity index (χ2v) is 16.1. The average molecular weight is 697 g/mol. The van der Waals surface area contributed by atoms with E-state index in [1.165, 1.54) is 32.6 Å². The summed E-state index contributed by atoms with van der Waals surface area (Å²) in [4.78, 5) is 27.9. The predicted octanol–water partition coefficient (Wildman–Crippen LogP) is 1.47. The van der Waals surface area contributed by atoms with Gasteiger partial charge < -0.3 is 53.2 Å². The fourth-order valence-corrected chi connectivity index (χ4v) is 12.5. The number of benzene rings is 1. The van der Waals surface area contributed by atoms with Crippen LogP contribution in [-0.4, -0.2) is 114 Å². The maximum absolute atomic E-state index is 14.2. The van der Waals surface area contributed by atoms with Crippen molar-refractivity contribution in [3.05, 3.63) is 54.3 Å². The fraction of sp³-hybridized carbons (Fsp3) is 0.676. The monoisotopic (exact) mass is 696 g/mol. The summed E-state index contributed by atoms with van der Waals surface area (Å²) in [5, 5.41) is 37.5. The lowest BCUT2D eigenvalue weighted by atomic mass is 9.37. The van der Waals surface area contributed by atoms with Gasteiger partial charge in [0, 0.05) is 53.6 Å². The van der Waals surface area contributed by atoms with Crippen molar-refractivity contribution in [1.29, 1.82) is 0 Å². The van der Waals surface area contributed by atoms with E-state index in [0.717, 1.165) is 5.56 Å². The number of aliphatic hydroxyl groups is 3. The highest BCUT2D eigenvalue weighted by Gasteiger charge is 2.94. The van der Waals surface area contributed by atoms with E-state index in [1.807, 2.05) is 44.2 Å². The summed E-state index contributed by atoms with van der Waals surface area (Å²) in [6, 6.07) is 9.30. The molecule has 3 saturated carbocycles. The zero-order valence-electron chi connectivity index (χ0n) is 28.6. The van der Waals surface area contributed by atoms with Crippen molar-refractivity contribution in [2.75, 3.05) is 27.4 Å². The van der Waals surface area contributed by atoms with Gasteiger partial charge in [-0.1, -0.05) is 44.2 Å². The van der Waals surface area contributed by atoms with E-state index >= 15 is 0 Å². The maximum Gasteiger partial charge on any atom is 0.366 e. The van der Waals surface area contributed by atoms with Gasteiger partial charge in [0.25, 0.3) is 5.79 Å². The molecule has 13 heteroatoms. The first-order chi connectivity index (χ1) is 23.7. The number of ether oxygens (including phenoxy) is 8. The lowest BCUT2D eigenvalue weighted by Crippen LogP contribution is -2.78. The number of fused-ring (bicyclic) bond motifs is 11. The molecular formula is C37H44O13. The van der Waals surface area contributed by atoms with Crippen molar-refractivity contribution >= 4 is 18.0 Å². The van der Waals surface area contributed by atoms with Crippen LogP contribution in [-0.2, 0) is 47.5 Å². The van der Waals surface area contributed by atoms with Gasteiger partial charge in [0.1, 0.15) is 17.3 Å². The molecule has 0 radical (unpaired) electrons. The van der Waals surface area contributed by atoms with Crippen LogP contribution < -0.4 is 0 Å². The molecule has 270 valence electrons. The van der Waals surface area contributed by atoms with Gasteiger partial charge in [0.15, 0.2) is 5.60 Å². The molecule has 13 nitrogen and oxygen atoms in total. The molecule has 7 fully saturated rings. The highest BCUT2D eigenvalue weighted by atomic mass is 16.7. The molecule has 8 aliphatic rings. The van der Waals surface area contributed by atoms with E-state index in [-0.39, 0.29) is 26.1 Å². The second kappa shape index (κ2) is 10.2. The minimum atomic E-state index is -2.10. The maximum atomic E-state index is 14.2. The van der Waals surface area contributed by atoms with Gasteiger partial charge >= 0.3 is 11.9 Å². The van der Waals surface area contributed by atoms with Crippen LogP contribution in [0.5, 0.6) is 0 Å². The van der Waals surface area contributed by atoms with Crippen LogP contribution in [0.4, 0.5) is 0 Å². The molecule has 0 amide bonds. The number of rotatable bonds is 5. The number of carbonyl (C=O) groups is 2. The first-order valence-electron chi connectivity index (χ1n) is 17.3. The number of carbonyl (C=O) groups excluding carboxylic acids is 2. The Morgan fingerprint density at radius 2 is 1.80 bits per heavy atom. The molecule has 16 atom stereocenters. The van der Waals surface area contributed by atoms with Crippen LogP contribution in [0.15, 0.2) is 48.7 Å². The zero-order valence-corrected chi connectivity index (χ0v) is 28.6. The number of esters is 2. The topological polar surface area (TPSA) is 169 Å². The van der Waals surface area contributed by atoms with Crippen molar-refractivity contribution in [2.45, 2.75) is 93.0 Å². The third-order valence-electron chi connectivity index (χ3n) is 14.5. The van der Waals surface area contributed by atoms with Gasteiger partial charge in [-0.15, -0.1) is 0 Å². The molecule has 0 aromatic heterocycles. The Labute approximate surface area is 289 Å². The van der Waals surface area contributed by atoms with E-state index in [2.05, 4.69) is 0 Å².